The predicted molar refractivity (Wildman–Crippen MR) is 97.9 cm³/mol. The molecule has 0 aromatic carbocycles. The van der Waals surface area contributed by atoms with Crippen molar-refractivity contribution in [2.24, 2.45) is 0 Å². The van der Waals surface area contributed by atoms with Gasteiger partial charge >= 0.3 is 6.18 Å². The molecule has 0 unspecified atom stereocenters. The lowest BCUT2D eigenvalue weighted by atomic mass is 9.81. The molecule has 1 aliphatic rings. The van der Waals surface area contributed by atoms with Gasteiger partial charge in [-0.05, 0) is 43.9 Å². The molecule has 1 saturated carbocycles. The highest BCUT2D eigenvalue weighted by Crippen LogP contribution is 2.43. The second-order valence-corrected chi connectivity index (χ2v) is 7.45. The first-order chi connectivity index (χ1) is 12.8. The molecule has 5 nitrogen and oxygen atoms in total. The van der Waals surface area contributed by atoms with Gasteiger partial charge in [0.2, 0.25) is 5.95 Å². The van der Waals surface area contributed by atoms with E-state index in [4.69, 9.17) is 0 Å². The van der Waals surface area contributed by atoms with Gasteiger partial charge in [0, 0.05) is 24.3 Å². The minimum Gasteiger partial charge on any atom is -0.383 e. The third kappa shape index (κ3) is 5.14. The van der Waals surface area contributed by atoms with Crippen LogP contribution in [-0.4, -0.2) is 26.2 Å². The minimum atomic E-state index is -4.31. The van der Waals surface area contributed by atoms with E-state index in [1.807, 2.05) is 0 Å². The third-order valence-electron chi connectivity index (χ3n) is 4.22. The van der Waals surface area contributed by atoms with Crippen LogP contribution >= 0.6 is 11.3 Å². The molecule has 1 aliphatic carbocycles. The maximum atomic E-state index is 12.6. The molecular formula is C18H19F3N4OS. The van der Waals surface area contributed by atoms with Gasteiger partial charge in [-0.1, -0.05) is 6.08 Å². The van der Waals surface area contributed by atoms with Gasteiger partial charge < -0.3 is 10.4 Å². The number of alkyl halides is 3. The zero-order valence-corrected chi connectivity index (χ0v) is 15.4. The number of hydrogen-bond acceptors (Lipinski definition) is 6. The lowest BCUT2D eigenvalue weighted by molar-refractivity contribution is -0.125. The summed E-state index contributed by atoms with van der Waals surface area (Å²) in [6, 6.07) is 1.62. The average Bonchev–Trinajstić information content (AvgIpc) is 3.08. The lowest BCUT2D eigenvalue weighted by Gasteiger charge is -2.34. The molecule has 0 spiro atoms. The van der Waals surface area contributed by atoms with Gasteiger partial charge in [0.05, 0.1) is 11.3 Å². The Balaban J connectivity index is 1.82. The first-order valence-electron chi connectivity index (χ1n) is 8.43. The van der Waals surface area contributed by atoms with E-state index in [2.05, 4.69) is 20.3 Å². The fourth-order valence-corrected chi connectivity index (χ4v) is 3.60. The molecule has 0 aliphatic heterocycles. The second-order valence-electron chi connectivity index (χ2n) is 6.42. The van der Waals surface area contributed by atoms with E-state index in [1.54, 1.807) is 25.3 Å². The van der Waals surface area contributed by atoms with Gasteiger partial charge in [-0.15, -0.1) is 11.3 Å². The van der Waals surface area contributed by atoms with Crippen molar-refractivity contribution in [3.63, 3.8) is 0 Å². The van der Waals surface area contributed by atoms with Crippen LogP contribution in [0.1, 0.15) is 42.5 Å². The van der Waals surface area contributed by atoms with Crippen molar-refractivity contribution in [1.82, 2.24) is 15.0 Å². The maximum absolute atomic E-state index is 12.6. The first-order valence-corrected chi connectivity index (χ1v) is 9.25. The Morgan fingerprint density at radius 1 is 1.30 bits per heavy atom. The van der Waals surface area contributed by atoms with Gasteiger partial charge in [0.25, 0.3) is 0 Å². The molecule has 2 aromatic heterocycles. The summed E-state index contributed by atoms with van der Waals surface area (Å²) in [6.07, 6.45) is 4.26. The summed E-state index contributed by atoms with van der Waals surface area (Å²) >= 11 is 1.36. The Morgan fingerprint density at radius 3 is 2.59 bits per heavy atom. The zero-order valence-electron chi connectivity index (χ0n) is 14.6. The van der Waals surface area contributed by atoms with Crippen LogP contribution < -0.4 is 5.32 Å². The molecule has 0 atom stereocenters. The number of nitrogens with one attached hydrogen (secondary N) is 1. The van der Waals surface area contributed by atoms with Crippen LogP contribution in [0.25, 0.3) is 5.57 Å². The van der Waals surface area contributed by atoms with Crippen LogP contribution in [0.4, 0.5) is 19.1 Å². The van der Waals surface area contributed by atoms with Crippen LogP contribution in [-0.2, 0) is 5.60 Å². The SMILES string of the molecule is C/C(=C\C(=C/CC(F)(F)F)Nc1ncccn1)c1cnc(C2(O)CCC2)s1. The number of rotatable bonds is 6. The Morgan fingerprint density at radius 2 is 2.00 bits per heavy atom. The van der Waals surface area contributed by atoms with Crippen molar-refractivity contribution >= 4 is 22.9 Å². The summed E-state index contributed by atoms with van der Waals surface area (Å²) in [4.78, 5) is 13.0. The summed E-state index contributed by atoms with van der Waals surface area (Å²) in [6.45, 7) is 1.79. The minimum absolute atomic E-state index is 0.212. The number of nitrogens with zero attached hydrogens (tertiary/aromatic N) is 3. The number of aliphatic hydroxyl groups is 1. The first kappa shape index (κ1) is 19.5. The van der Waals surface area contributed by atoms with E-state index in [0.717, 1.165) is 22.9 Å². The summed E-state index contributed by atoms with van der Waals surface area (Å²) in [7, 11) is 0. The quantitative estimate of drug-likeness (QED) is 0.695. The van der Waals surface area contributed by atoms with Crippen LogP contribution in [0, 0.1) is 0 Å². The predicted octanol–water partition coefficient (Wildman–Crippen LogP) is 4.66. The van der Waals surface area contributed by atoms with Crippen molar-refractivity contribution in [3.05, 3.63) is 52.4 Å². The van der Waals surface area contributed by atoms with E-state index in [-0.39, 0.29) is 11.6 Å². The molecule has 2 aromatic rings. The Bertz CT molecular complexity index is 842. The number of hydrogen-bond donors (Lipinski definition) is 2. The fourth-order valence-electron chi connectivity index (χ4n) is 2.57. The van der Waals surface area contributed by atoms with Crippen molar-refractivity contribution in [2.75, 3.05) is 5.32 Å². The van der Waals surface area contributed by atoms with Crippen LogP contribution in [0.5, 0.6) is 0 Å². The van der Waals surface area contributed by atoms with Crippen molar-refractivity contribution in [2.45, 2.75) is 44.4 Å². The number of anilines is 1. The molecule has 0 amide bonds. The van der Waals surface area contributed by atoms with Crippen LogP contribution in [0.2, 0.25) is 0 Å². The molecule has 0 bridgehead atoms. The Hall–Kier alpha value is -2.26. The highest BCUT2D eigenvalue weighted by molar-refractivity contribution is 7.12. The normalized spacial score (nSPS) is 17.5. The number of thiazole rings is 1. The average molecular weight is 396 g/mol. The van der Waals surface area contributed by atoms with E-state index in [1.165, 1.54) is 23.7 Å². The second kappa shape index (κ2) is 7.77. The lowest BCUT2D eigenvalue weighted by Crippen LogP contribution is -2.33. The smallest absolute Gasteiger partial charge is 0.383 e. The highest BCUT2D eigenvalue weighted by Gasteiger charge is 2.39. The van der Waals surface area contributed by atoms with E-state index in [0.29, 0.717) is 17.8 Å². The highest BCUT2D eigenvalue weighted by atomic mass is 32.1. The summed E-state index contributed by atoms with van der Waals surface area (Å²) in [5, 5.41) is 13.8. The number of aromatic nitrogens is 3. The van der Waals surface area contributed by atoms with Crippen molar-refractivity contribution < 1.29 is 18.3 Å². The maximum Gasteiger partial charge on any atom is 0.392 e. The van der Waals surface area contributed by atoms with E-state index >= 15 is 0 Å². The van der Waals surface area contributed by atoms with Gasteiger partial charge in [-0.3, -0.25) is 0 Å². The molecule has 27 heavy (non-hydrogen) atoms. The largest absolute Gasteiger partial charge is 0.392 e. The molecule has 144 valence electrons. The topological polar surface area (TPSA) is 70.9 Å². The molecule has 9 heteroatoms. The van der Waals surface area contributed by atoms with Gasteiger partial charge in [0.15, 0.2) is 0 Å². The fraction of sp³-hybridized carbons (Fsp3) is 0.389. The molecular weight excluding hydrogens is 377 g/mol. The van der Waals surface area contributed by atoms with Gasteiger partial charge in [-0.25, -0.2) is 15.0 Å². The van der Waals surface area contributed by atoms with Crippen LogP contribution in [0.15, 0.2) is 42.5 Å². The molecule has 0 radical (unpaired) electrons. The molecule has 0 saturated heterocycles. The Kier molecular flexibility index (Phi) is 5.61. The zero-order chi connectivity index (χ0) is 19.5. The monoisotopic (exact) mass is 396 g/mol. The van der Waals surface area contributed by atoms with Crippen molar-refractivity contribution in [3.8, 4) is 0 Å². The molecule has 2 N–H and O–H groups in total. The Labute approximate surface area is 158 Å². The molecule has 1 fully saturated rings. The van der Waals surface area contributed by atoms with Crippen molar-refractivity contribution in [1.29, 1.82) is 0 Å². The molecule has 3 rings (SSSR count). The summed E-state index contributed by atoms with van der Waals surface area (Å²) in [5.41, 5.74) is 0.126. The number of allylic oxidation sites excluding steroid dienone is 3. The summed E-state index contributed by atoms with van der Waals surface area (Å²) < 4.78 is 37.9. The molecule has 2 heterocycles. The summed E-state index contributed by atoms with van der Waals surface area (Å²) in [5.74, 6) is 0.212. The van der Waals surface area contributed by atoms with E-state index < -0.39 is 18.2 Å². The number of halogens is 3. The van der Waals surface area contributed by atoms with Crippen LogP contribution in [0.3, 0.4) is 0 Å². The van der Waals surface area contributed by atoms with E-state index in [9.17, 15) is 18.3 Å². The third-order valence-corrected chi connectivity index (χ3v) is 5.55. The standard InChI is InChI=1S/C18H19F3N4OS/c1-12(14-11-24-15(27-14)17(26)5-2-6-17)10-13(4-7-18(19,20)21)25-16-22-8-3-9-23-16/h3-4,8-11,26H,2,5-7H2,1H3,(H,22,23,25)/b12-10+,13-4+. The van der Waals surface area contributed by atoms with Gasteiger partial charge in [0.1, 0.15) is 10.6 Å². The van der Waals surface area contributed by atoms with Gasteiger partial charge in [-0.2, -0.15) is 13.2 Å².